The minimum absolute atomic E-state index is 0.108. The summed E-state index contributed by atoms with van der Waals surface area (Å²) in [5.41, 5.74) is 2.73. The predicted molar refractivity (Wildman–Crippen MR) is 161 cm³/mol. The normalized spacial score (nSPS) is 11.5. The molecule has 0 bridgehead atoms. The van der Waals surface area contributed by atoms with Gasteiger partial charge in [-0.3, -0.25) is 9.69 Å². The van der Waals surface area contributed by atoms with Crippen LogP contribution in [0, 0.1) is 0 Å². The molecule has 0 saturated carbocycles. The molecule has 1 aromatic heterocycles. The molecule has 1 heterocycles. The lowest BCUT2D eigenvalue weighted by Gasteiger charge is -2.21. The van der Waals surface area contributed by atoms with Gasteiger partial charge in [0.2, 0.25) is 10.0 Å². The Morgan fingerprint density at radius 2 is 1.34 bits per heavy atom. The Balaban J connectivity index is 1.48. The summed E-state index contributed by atoms with van der Waals surface area (Å²) in [7, 11) is 0.931. The van der Waals surface area contributed by atoms with Crippen molar-refractivity contribution >= 4 is 42.6 Å². The molecule has 4 aromatic carbocycles. The third-order valence-corrected chi connectivity index (χ3v) is 9.53. The predicted octanol–water partition coefficient (Wildman–Crippen LogP) is 5.98. The van der Waals surface area contributed by atoms with Crippen molar-refractivity contribution in [2.75, 3.05) is 26.2 Å². The Morgan fingerprint density at radius 3 is 1.93 bits per heavy atom. The highest BCUT2D eigenvalue weighted by molar-refractivity contribution is 7.89. The summed E-state index contributed by atoms with van der Waals surface area (Å²) < 4.78 is 39.6. The number of rotatable bonds is 10. The first-order chi connectivity index (χ1) is 19.8. The molecule has 210 valence electrons. The summed E-state index contributed by atoms with van der Waals surface area (Å²) in [6.07, 6.45) is 0. The van der Waals surface area contributed by atoms with Crippen LogP contribution >= 0.6 is 11.3 Å². The van der Waals surface area contributed by atoms with Crippen LogP contribution in [0.3, 0.4) is 0 Å². The second-order valence-electron chi connectivity index (χ2n) is 9.29. The Bertz CT molecular complexity index is 1720. The Labute approximate surface area is 243 Å². The minimum Gasteiger partial charge on any atom is -0.495 e. The number of benzene rings is 4. The minimum atomic E-state index is -3.76. The molecule has 5 rings (SSSR count). The molecule has 1 amide bonds. The van der Waals surface area contributed by atoms with E-state index in [9.17, 15) is 13.2 Å². The van der Waals surface area contributed by atoms with Gasteiger partial charge in [-0.15, -0.1) is 0 Å². The van der Waals surface area contributed by atoms with Gasteiger partial charge in [-0.25, -0.2) is 13.4 Å². The van der Waals surface area contributed by atoms with Crippen LogP contribution < -0.4 is 14.4 Å². The monoisotopic (exact) mass is 587 g/mol. The van der Waals surface area contributed by atoms with Crippen LogP contribution in [-0.4, -0.2) is 44.9 Å². The molecule has 5 aromatic rings. The molecule has 0 fully saturated rings. The molecule has 0 N–H and O–H groups in total. The van der Waals surface area contributed by atoms with Gasteiger partial charge in [0, 0.05) is 19.2 Å². The molecule has 0 saturated heterocycles. The zero-order valence-electron chi connectivity index (χ0n) is 22.9. The van der Waals surface area contributed by atoms with Crippen molar-refractivity contribution in [2.45, 2.75) is 18.0 Å². The van der Waals surface area contributed by atoms with Gasteiger partial charge >= 0.3 is 0 Å². The Hall–Kier alpha value is -4.25. The fourth-order valence-corrected chi connectivity index (χ4v) is 6.64. The van der Waals surface area contributed by atoms with Gasteiger partial charge in [0.1, 0.15) is 21.7 Å². The highest BCUT2D eigenvalue weighted by atomic mass is 32.2. The van der Waals surface area contributed by atoms with E-state index in [0.29, 0.717) is 27.7 Å². The first-order valence-electron chi connectivity index (χ1n) is 12.8. The number of hydrogen-bond donors (Lipinski definition) is 0. The molecule has 0 aliphatic carbocycles. The van der Waals surface area contributed by atoms with Gasteiger partial charge in [0.05, 0.1) is 25.7 Å². The molecule has 8 nitrogen and oxygen atoms in total. The fourth-order valence-electron chi connectivity index (χ4n) is 4.41. The number of nitrogens with zero attached hydrogens (tertiary/aromatic N) is 3. The number of fused-ring (bicyclic) bond motifs is 1. The first kappa shape index (κ1) is 28.3. The van der Waals surface area contributed by atoms with E-state index in [4.69, 9.17) is 14.5 Å². The average molecular weight is 588 g/mol. The largest absolute Gasteiger partial charge is 0.495 e. The standard InChI is InChI=1S/C31H29N3O5S2/c1-33(20-22-10-6-4-7-11-22)41(36,37)25-16-14-24(15-17-25)30(35)34(21-23-12-8-5-9-13-23)31-32-28-26(38-2)18-19-27(39-3)29(28)40-31/h4-19H,20-21H2,1-3H3. The maximum absolute atomic E-state index is 13.9. The molecular formula is C31H29N3O5S2. The summed E-state index contributed by atoms with van der Waals surface area (Å²) in [5.74, 6) is 0.892. The molecule has 0 radical (unpaired) electrons. The van der Waals surface area contributed by atoms with Crippen molar-refractivity contribution in [1.82, 2.24) is 9.29 Å². The highest BCUT2D eigenvalue weighted by Crippen LogP contribution is 2.40. The number of thiazole rings is 1. The lowest BCUT2D eigenvalue weighted by atomic mass is 10.1. The number of hydrogen-bond acceptors (Lipinski definition) is 7. The van der Waals surface area contributed by atoms with Crippen molar-refractivity contribution in [1.29, 1.82) is 0 Å². The van der Waals surface area contributed by atoms with Gasteiger partial charge < -0.3 is 9.47 Å². The number of anilines is 1. The number of aromatic nitrogens is 1. The van der Waals surface area contributed by atoms with Gasteiger partial charge in [0.25, 0.3) is 5.91 Å². The van der Waals surface area contributed by atoms with Crippen molar-refractivity contribution < 1.29 is 22.7 Å². The van der Waals surface area contributed by atoms with Crippen molar-refractivity contribution in [2.24, 2.45) is 0 Å². The highest BCUT2D eigenvalue weighted by Gasteiger charge is 2.26. The van der Waals surface area contributed by atoms with E-state index in [1.807, 2.05) is 60.7 Å². The van der Waals surface area contributed by atoms with Gasteiger partial charge in [-0.2, -0.15) is 4.31 Å². The van der Waals surface area contributed by atoms with E-state index in [2.05, 4.69) is 0 Å². The van der Waals surface area contributed by atoms with E-state index in [-0.39, 0.29) is 23.9 Å². The number of sulfonamides is 1. The Kier molecular flexibility index (Phi) is 8.34. The lowest BCUT2D eigenvalue weighted by molar-refractivity contribution is 0.0985. The first-order valence-corrected chi connectivity index (χ1v) is 15.0. The van der Waals surface area contributed by atoms with Gasteiger partial charge in [-0.05, 0) is 47.5 Å². The zero-order chi connectivity index (χ0) is 29.0. The van der Waals surface area contributed by atoms with Crippen LogP contribution in [0.15, 0.2) is 102 Å². The number of methoxy groups -OCH3 is 2. The lowest BCUT2D eigenvalue weighted by Crippen LogP contribution is -2.30. The quantitative estimate of drug-likeness (QED) is 0.200. The van der Waals surface area contributed by atoms with Crippen LogP contribution in [0.5, 0.6) is 11.5 Å². The van der Waals surface area contributed by atoms with Crippen molar-refractivity contribution in [3.05, 3.63) is 114 Å². The third kappa shape index (κ3) is 5.95. The Morgan fingerprint density at radius 1 is 0.780 bits per heavy atom. The van der Waals surface area contributed by atoms with Crippen LogP contribution in [0.4, 0.5) is 5.13 Å². The zero-order valence-corrected chi connectivity index (χ0v) is 24.5. The maximum Gasteiger partial charge on any atom is 0.260 e. The average Bonchev–Trinajstić information content (AvgIpc) is 3.45. The second kappa shape index (κ2) is 12.1. The number of amides is 1. The molecule has 10 heteroatoms. The summed E-state index contributed by atoms with van der Waals surface area (Å²) in [4.78, 5) is 20.4. The van der Waals surface area contributed by atoms with E-state index in [0.717, 1.165) is 15.8 Å². The topological polar surface area (TPSA) is 89.0 Å². The number of ether oxygens (including phenoxy) is 2. The van der Waals surface area contributed by atoms with Gasteiger partial charge in [0.15, 0.2) is 5.13 Å². The fraction of sp³-hybridized carbons (Fsp3) is 0.161. The smallest absolute Gasteiger partial charge is 0.260 e. The second-order valence-corrected chi connectivity index (χ2v) is 12.3. The summed E-state index contributed by atoms with van der Waals surface area (Å²) >= 11 is 1.33. The maximum atomic E-state index is 13.9. The van der Waals surface area contributed by atoms with Crippen LogP contribution in [0.2, 0.25) is 0 Å². The molecular weight excluding hydrogens is 558 g/mol. The molecule has 0 atom stereocenters. The van der Waals surface area contributed by atoms with Crippen molar-refractivity contribution in [3.8, 4) is 11.5 Å². The molecule has 0 spiro atoms. The van der Waals surface area contributed by atoms with E-state index in [1.165, 1.54) is 39.9 Å². The molecule has 0 unspecified atom stereocenters. The van der Waals surface area contributed by atoms with Crippen LogP contribution in [-0.2, 0) is 23.1 Å². The molecule has 0 aliphatic heterocycles. The SMILES string of the molecule is COc1ccc(OC)c2sc(N(Cc3ccccc3)C(=O)c3ccc(S(=O)(=O)N(C)Cc4ccccc4)cc3)nc12. The summed E-state index contributed by atoms with van der Waals surface area (Å²) in [6.45, 7) is 0.503. The summed E-state index contributed by atoms with van der Waals surface area (Å²) in [6, 6.07) is 28.6. The van der Waals surface area contributed by atoms with Crippen molar-refractivity contribution in [3.63, 3.8) is 0 Å². The van der Waals surface area contributed by atoms with Crippen LogP contribution in [0.1, 0.15) is 21.5 Å². The molecule has 0 aliphatic rings. The van der Waals surface area contributed by atoms with Gasteiger partial charge in [-0.1, -0.05) is 72.0 Å². The third-order valence-electron chi connectivity index (χ3n) is 6.62. The molecule has 41 heavy (non-hydrogen) atoms. The van der Waals surface area contributed by atoms with Crippen LogP contribution in [0.25, 0.3) is 10.2 Å². The van der Waals surface area contributed by atoms with E-state index < -0.39 is 10.0 Å². The van der Waals surface area contributed by atoms with E-state index in [1.54, 1.807) is 38.3 Å². The number of carbonyl (C=O) groups excluding carboxylic acids is 1. The summed E-state index contributed by atoms with van der Waals surface area (Å²) in [5, 5.41) is 0.468. The number of carbonyl (C=O) groups is 1. The van der Waals surface area contributed by atoms with E-state index >= 15 is 0 Å².